The van der Waals surface area contributed by atoms with Gasteiger partial charge in [0.1, 0.15) is 22.9 Å². The molecule has 148 valence electrons. The number of benzene rings is 3. The van der Waals surface area contributed by atoms with Gasteiger partial charge in [0, 0.05) is 17.3 Å². The molecule has 1 N–H and O–H groups in total. The van der Waals surface area contributed by atoms with Crippen molar-refractivity contribution >= 4 is 17.6 Å². The van der Waals surface area contributed by atoms with Crippen molar-refractivity contribution in [2.75, 3.05) is 12.4 Å². The van der Waals surface area contributed by atoms with Crippen molar-refractivity contribution in [3.05, 3.63) is 95.6 Å². The van der Waals surface area contributed by atoms with Gasteiger partial charge in [-0.15, -0.1) is 0 Å². The van der Waals surface area contributed by atoms with Crippen LogP contribution in [0.2, 0.25) is 0 Å². The number of halogens is 2. The van der Waals surface area contributed by atoms with Gasteiger partial charge in [-0.3, -0.25) is 4.79 Å². The molecule has 1 atom stereocenters. The van der Waals surface area contributed by atoms with Crippen molar-refractivity contribution in [3.8, 4) is 5.75 Å². The van der Waals surface area contributed by atoms with Gasteiger partial charge in [-0.05, 0) is 24.3 Å². The van der Waals surface area contributed by atoms with Gasteiger partial charge < -0.3 is 14.8 Å². The van der Waals surface area contributed by atoms with E-state index in [2.05, 4.69) is 5.32 Å². The minimum absolute atomic E-state index is 0.345. The molecule has 7 heteroatoms. The molecule has 5 nitrogen and oxygen atoms in total. The Balaban J connectivity index is 1.89. The molecule has 0 fully saturated rings. The summed E-state index contributed by atoms with van der Waals surface area (Å²) in [5, 5.41) is 2.62. The van der Waals surface area contributed by atoms with Gasteiger partial charge in [0.15, 0.2) is 0 Å². The average Bonchev–Trinajstić information content (AvgIpc) is 2.72. The van der Waals surface area contributed by atoms with Crippen molar-refractivity contribution in [3.63, 3.8) is 0 Å². The quantitative estimate of drug-likeness (QED) is 0.622. The molecule has 29 heavy (non-hydrogen) atoms. The van der Waals surface area contributed by atoms with Crippen LogP contribution >= 0.6 is 0 Å². The number of nitrogens with one attached hydrogen (secondary N) is 1. The molecule has 0 aromatic heterocycles. The number of hydrogen-bond donors (Lipinski definition) is 1. The standard InChI is InChI=1S/C22H17F2NO4/c1-28-16-10-5-9-15(13-16)25-21(26)20(14-7-3-2-4-8-14)29-22(27)19-17(23)11-6-12-18(19)24/h2-13,20H,1H3,(H,25,26)/t20-/m0/s1. The third kappa shape index (κ3) is 4.76. The minimum Gasteiger partial charge on any atom is -0.497 e. The highest BCUT2D eigenvalue weighted by atomic mass is 19.1. The average molecular weight is 397 g/mol. The second-order valence-corrected chi connectivity index (χ2v) is 6.01. The maximum Gasteiger partial charge on any atom is 0.345 e. The Bertz CT molecular complexity index is 1000. The third-order valence-electron chi connectivity index (χ3n) is 4.07. The molecule has 0 bridgehead atoms. The molecule has 0 aliphatic heterocycles. The Kier molecular flexibility index (Phi) is 6.19. The van der Waals surface area contributed by atoms with E-state index in [9.17, 15) is 18.4 Å². The summed E-state index contributed by atoms with van der Waals surface area (Å²) in [5.41, 5.74) is -0.107. The van der Waals surface area contributed by atoms with Crippen LogP contribution in [0.4, 0.5) is 14.5 Å². The van der Waals surface area contributed by atoms with Crippen molar-refractivity contribution in [2.24, 2.45) is 0 Å². The number of ether oxygens (including phenoxy) is 2. The first-order valence-corrected chi connectivity index (χ1v) is 8.64. The summed E-state index contributed by atoms with van der Waals surface area (Å²) in [6.07, 6.45) is -1.42. The molecule has 0 aliphatic carbocycles. The molecule has 3 aromatic carbocycles. The molecular formula is C22H17F2NO4. The Morgan fingerprint density at radius 2 is 1.55 bits per heavy atom. The summed E-state index contributed by atoms with van der Waals surface area (Å²) in [5.74, 6) is -3.60. The molecule has 0 unspecified atom stereocenters. The zero-order valence-electron chi connectivity index (χ0n) is 15.4. The Morgan fingerprint density at radius 3 is 2.21 bits per heavy atom. The highest BCUT2D eigenvalue weighted by Crippen LogP contribution is 2.24. The summed E-state index contributed by atoms with van der Waals surface area (Å²) >= 11 is 0. The number of anilines is 1. The van der Waals surface area contributed by atoms with Crippen molar-refractivity contribution in [1.82, 2.24) is 0 Å². The first kappa shape index (κ1) is 20.0. The van der Waals surface area contributed by atoms with Crippen LogP contribution in [0.15, 0.2) is 72.8 Å². The second-order valence-electron chi connectivity index (χ2n) is 6.01. The predicted octanol–water partition coefficient (Wildman–Crippen LogP) is 4.51. The molecule has 0 saturated carbocycles. The van der Waals surface area contributed by atoms with Gasteiger partial charge in [0.2, 0.25) is 6.10 Å². The van der Waals surface area contributed by atoms with E-state index in [4.69, 9.17) is 9.47 Å². The monoisotopic (exact) mass is 397 g/mol. The number of amides is 1. The summed E-state index contributed by atoms with van der Waals surface area (Å²) in [7, 11) is 1.48. The Labute approximate surface area is 165 Å². The van der Waals surface area contributed by atoms with Crippen molar-refractivity contribution in [2.45, 2.75) is 6.10 Å². The number of carbonyl (C=O) groups excluding carboxylic acids is 2. The van der Waals surface area contributed by atoms with E-state index in [-0.39, 0.29) is 0 Å². The molecule has 3 rings (SSSR count). The summed E-state index contributed by atoms with van der Waals surface area (Å²) < 4.78 is 38.2. The predicted molar refractivity (Wildman–Crippen MR) is 103 cm³/mol. The largest absolute Gasteiger partial charge is 0.497 e. The van der Waals surface area contributed by atoms with Gasteiger partial charge in [0.05, 0.1) is 7.11 Å². The van der Waals surface area contributed by atoms with Crippen LogP contribution in [0.25, 0.3) is 0 Å². The number of hydrogen-bond acceptors (Lipinski definition) is 4. The lowest BCUT2D eigenvalue weighted by Crippen LogP contribution is -2.26. The third-order valence-corrected chi connectivity index (χ3v) is 4.07. The molecule has 0 spiro atoms. The van der Waals surface area contributed by atoms with E-state index in [1.807, 2.05) is 0 Å². The van der Waals surface area contributed by atoms with Crippen LogP contribution in [0.3, 0.4) is 0 Å². The number of rotatable bonds is 6. The minimum atomic E-state index is -1.42. The summed E-state index contributed by atoms with van der Waals surface area (Å²) in [6, 6.07) is 17.8. The summed E-state index contributed by atoms with van der Waals surface area (Å²) in [6.45, 7) is 0. The maximum absolute atomic E-state index is 13.9. The van der Waals surface area contributed by atoms with E-state index < -0.39 is 35.2 Å². The van der Waals surface area contributed by atoms with Crippen LogP contribution in [0.5, 0.6) is 5.75 Å². The fourth-order valence-corrected chi connectivity index (χ4v) is 2.67. The van der Waals surface area contributed by atoms with E-state index in [1.54, 1.807) is 54.6 Å². The normalized spacial score (nSPS) is 11.4. The summed E-state index contributed by atoms with van der Waals surface area (Å²) in [4.78, 5) is 25.3. The lowest BCUT2D eigenvalue weighted by atomic mass is 10.1. The van der Waals surface area contributed by atoms with Gasteiger partial charge >= 0.3 is 5.97 Å². The van der Waals surface area contributed by atoms with E-state index in [0.717, 1.165) is 18.2 Å². The molecular weight excluding hydrogens is 380 g/mol. The zero-order chi connectivity index (χ0) is 20.8. The smallest absolute Gasteiger partial charge is 0.345 e. The van der Waals surface area contributed by atoms with Crippen molar-refractivity contribution < 1.29 is 27.8 Å². The molecule has 0 radical (unpaired) electrons. The second kappa shape index (κ2) is 8.97. The topological polar surface area (TPSA) is 64.6 Å². The van der Waals surface area contributed by atoms with Gasteiger partial charge in [0.25, 0.3) is 5.91 Å². The van der Waals surface area contributed by atoms with Crippen LogP contribution < -0.4 is 10.1 Å². The highest BCUT2D eigenvalue weighted by molar-refractivity contribution is 5.98. The Morgan fingerprint density at radius 1 is 0.897 bits per heavy atom. The van der Waals surface area contributed by atoms with Crippen LogP contribution in [0, 0.1) is 11.6 Å². The molecule has 0 aliphatic rings. The van der Waals surface area contributed by atoms with Crippen LogP contribution in [-0.2, 0) is 9.53 Å². The maximum atomic E-state index is 13.9. The lowest BCUT2D eigenvalue weighted by molar-refractivity contribution is -0.125. The van der Waals surface area contributed by atoms with Crippen LogP contribution in [-0.4, -0.2) is 19.0 Å². The van der Waals surface area contributed by atoms with Gasteiger partial charge in [-0.2, -0.15) is 0 Å². The molecule has 3 aromatic rings. The molecule has 1 amide bonds. The van der Waals surface area contributed by atoms with E-state index >= 15 is 0 Å². The van der Waals surface area contributed by atoms with Crippen molar-refractivity contribution in [1.29, 1.82) is 0 Å². The van der Waals surface area contributed by atoms with Gasteiger partial charge in [-0.1, -0.05) is 42.5 Å². The Hall–Kier alpha value is -3.74. The lowest BCUT2D eigenvalue weighted by Gasteiger charge is -2.18. The highest BCUT2D eigenvalue weighted by Gasteiger charge is 2.28. The number of esters is 1. The fraction of sp³-hybridized carbons (Fsp3) is 0.0909. The first-order valence-electron chi connectivity index (χ1n) is 8.64. The number of carbonyl (C=O) groups is 2. The van der Waals surface area contributed by atoms with E-state index in [0.29, 0.717) is 17.0 Å². The van der Waals surface area contributed by atoms with Crippen LogP contribution in [0.1, 0.15) is 22.0 Å². The van der Waals surface area contributed by atoms with Gasteiger partial charge in [-0.25, -0.2) is 13.6 Å². The molecule has 0 saturated heterocycles. The molecule has 0 heterocycles. The zero-order valence-corrected chi connectivity index (χ0v) is 15.4. The van der Waals surface area contributed by atoms with E-state index in [1.165, 1.54) is 7.11 Å². The first-order chi connectivity index (χ1) is 14.0. The number of methoxy groups -OCH3 is 1. The fourth-order valence-electron chi connectivity index (χ4n) is 2.67. The SMILES string of the molecule is COc1cccc(NC(=O)[C@@H](OC(=O)c2c(F)cccc2F)c2ccccc2)c1.